The molecule has 88 valence electrons. The normalized spacial score (nSPS) is 16.9. The summed E-state index contributed by atoms with van der Waals surface area (Å²) in [5, 5.41) is 3.31. The summed E-state index contributed by atoms with van der Waals surface area (Å²) in [5.41, 5.74) is 6.42. The van der Waals surface area contributed by atoms with Gasteiger partial charge in [0.1, 0.15) is 12.0 Å². The van der Waals surface area contributed by atoms with Crippen molar-refractivity contribution in [3.8, 4) is 5.88 Å². The predicted molar refractivity (Wildman–Crippen MR) is 63.4 cm³/mol. The van der Waals surface area contributed by atoms with E-state index in [1.54, 1.807) is 0 Å². The minimum absolute atomic E-state index is 0.409. The number of hydrogen-bond acceptors (Lipinski definition) is 5. The van der Waals surface area contributed by atoms with Crippen molar-refractivity contribution in [2.75, 3.05) is 17.7 Å². The Hall–Kier alpha value is -1.52. The fraction of sp³-hybridized carbons (Fsp3) is 0.636. The molecule has 1 heterocycles. The van der Waals surface area contributed by atoms with Crippen LogP contribution in [0.4, 0.5) is 11.5 Å². The van der Waals surface area contributed by atoms with E-state index in [4.69, 9.17) is 10.5 Å². The van der Waals surface area contributed by atoms with Crippen LogP contribution in [0.1, 0.15) is 26.7 Å². The topological polar surface area (TPSA) is 73.1 Å². The zero-order valence-corrected chi connectivity index (χ0v) is 9.73. The van der Waals surface area contributed by atoms with Gasteiger partial charge < -0.3 is 15.8 Å². The van der Waals surface area contributed by atoms with Crippen LogP contribution < -0.4 is 15.8 Å². The molecular formula is C11H18N4O. The number of aromatic nitrogens is 2. The summed E-state index contributed by atoms with van der Waals surface area (Å²) in [5.74, 6) is 1.89. The van der Waals surface area contributed by atoms with Crippen molar-refractivity contribution in [1.29, 1.82) is 0 Å². The molecule has 1 fully saturated rings. The maximum atomic E-state index is 5.93. The molecule has 1 aromatic heterocycles. The van der Waals surface area contributed by atoms with Crippen LogP contribution >= 0.6 is 0 Å². The number of nitrogens with one attached hydrogen (secondary N) is 1. The van der Waals surface area contributed by atoms with Crippen molar-refractivity contribution >= 4 is 11.5 Å². The largest absolute Gasteiger partial charge is 0.476 e. The predicted octanol–water partition coefficient (Wildman–Crippen LogP) is 1.67. The van der Waals surface area contributed by atoms with Crippen molar-refractivity contribution in [1.82, 2.24) is 9.97 Å². The first-order chi connectivity index (χ1) is 7.72. The van der Waals surface area contributed by atoms with Gasteiger partial charge in [0.15, 0.2) is 5.82 Å². The molecule has 0 aliphatic heterocycles. The first-order valence-corrected chi connectivity index (χ1v) is 5.72. The Morgan fingerprint density at radius 1 is 1.56 bits per heavy atom. The molecule has 5 nitrogen and oxygen atoms in total. The average Bonchev–Trinajstić information content (AvgIpc) is 3.07. The number of nitrogens with two attached hydrogens (primary N) is 1. The molecule has 1 atom stereocenters. The quantitative estimate of drug-likeness (QED) is 0.792. The lowest BCUT2D eigenvalue weighted by Gasteiger charge is -2.15. The van der Waals surface area contributed by atoms with E-state index in [0.29, 0.717) is 30.0 Å². The van der Waals surface area contributed by atoms with Gasteiger partial charge in [0.25, 0.3) is 0 Å². The number of nitrogens with zero attached hydrogens (tertiary/aromatic N) is 2. The molecule has 1 aliphatic carbocycles. The summed E-state index contributed by atoms with van der Waals surface area (Å²) >= 11 is 0. The van der Waals surface area contributed by atoms with Gasteiger partial charge in [-0.1, -0.05) is 0 Å². The van der Waals surface area contributed by atoms with E-state index in [-0.39, 0.29) is 0 Å². The lowest BCUT2D eigenvalue weighted by Crippen LogP contribution is -2.19. The number of hydrogen-bond donors (Lipinski definition) is 2. The summed E-state index contributed by atoms with van der Waals surface area (Å²) in [6.45, 7) is 4.61. The fourth-order valence-electron chi connectivity index (χ4n) is 1.68. The van der Waals surface area contributed by atoms with Crippen LogP contribution in [0.5, 0.6) is 5.88 Å². The molecular weight excluding hydrogens is 204 g/mol. The first-order valence-electron chi connectivity index (χ1n) is 5.72. The standard InChI is InChI=1S/C11H18N4O/c1-3-16-11-9(12)10(13-6-14-11)15-7(2)8-4-5-8/h6-8H,3-5,12H2,1-2H3,(H,13,14,15). The molecule has 1 aromatic rings. The highest BCUT2D eigenvalue weighted by Crippen LogP contribution is 2.35. The van der Waals surface area contributed by atoms with Crippen LogP contribution in [0.2, 0.25) is 0 Å². The van der Waals surface area contributed by atoms with Gasteiger partial charge in [0, 0.05) is 6.04 Å². The van der Waals surface area contributed by atoms with Gasteiger partial charge in [0.05, 0.1) is 6.61 Å². The molecule has 16 heavy (non-hydrogen) atoms. The van der Waals surface area contributed by atoms with Crippen molar-refractivity contribution < 1.29 is 4.74 Å². The third-order valence-electron chi connectivity index (χ3n) is 2.82. The first kappa shape index (κ1) is 11.0. The maximum Gasteiger partial charge on any atom is 0.242 e. The summed E-state index contributed by atoms with van der Waals surface area (Å²) < 4.78 is 5.32. The van der Waals surface area contributed by atoms with Crippen molar-refractivity contribution in [3.63, 3.8) is 0 Å². The Bertz CT molecular complexity index is 365. The van der Waals surface area contributed by atoms with Crippen LogP contribution in [-0.2, 0) is 0 Å². The van der Waals surface area contributed by atoms with Gasteiger partial charge in [-0.15, -0.1) is 0 Å². The van der Waals surface area contributed by atoms with Crippen molar-refractivity contribution in [2.45, 2.75) is 32.7 Å². The highest BCUT2D eigenvalue weighted by atomic mass is 16.5. The summed E-state index contributed by atoms with van der Waals surface area (Å²) in [7, 11) is 0. The van der Waals surface area contributed by atoms with Crippen molar-refractivity contribution in [2.24, 2.45) is 5.92 Å². The number of rotatable bonds is 5. The second-order valence-electron chi connectivity index (χ2n) is 4.14. The van der Waals surface area contributed by atoms with E-state index in [9.17, 15) is 0 Å². The lowest BCUT2D eigenvalue weighted by atomic mass is 10.2. The Kier molecular flexibility index (Phi) is 3.12. The Labute approximate surface area is 95.4 Å². The van der Waals surface area contributed by atoms with Crippen LogP contribution in [0.3, 0.4) is 0 Å². The zero-order valence-electron chi connectivity index (χ0n) is 9.73. The second kappa shape index (κ2) is 4.55. The summed E-state index contributed by atoms with van der Waals surface area (Å²) in [6, 6.07) is 0.409. The van der Waals surface area contributed by atoms with Crippen molar-refractivity contribution in [3.05, 3.63) is 6.33 Å². The van der Waals surface area contributed by atoms with Gasteiger partial charge in [-0.05, 0) is 32.6 Å². The summed E-state index contributed by atoms with van der Waals surface area (Å²) in [6.07, 6.45) is 4.05. The Balaban J connectivity index is 2.10. The van der Waals surface area contributed by atoms with E-state index < -0.39 is 0 Å². The third kappa shape index (κ3) is 2.35. The SMILES string of the molecule is CCOc1ncnc(NC(C)C2CC2)c1N. The molecule has 1 saturated carbocycles. The fourth-order valence-corrected chi connectivity index (χ4v) is 1.68. The smallest absolute Gasteiger partial charge is 0.242 e. The number of anilines is 2. The second-order valence-corrected chi connectivity index (χ2v) is 4.14. The molecule has 0 spiro atoms. The molecule has 3 N–H and O–H groups in total. The number of ether oxygens (including phenoxy) is 1. The van der Waals surface area contributed by atoms with E-state index in [0.717, 1.165) is 5.92 Å². The molecule has 1 unspecified atom stereocenters. The van der Waals surface area contributed by atoms with Crippen LogP contribution in [0, 0.1) is 5.92 Å². The molecule has 5 heteroatoms. The van der Waals surface area contributed by atoms with Gasteiger partial charge in [-0.25, -0.2) is 4.98 Å². The highest BCUT2D eigenvalue weighted by Gasteiger charge is 2.28. The van der Waals surface area contributed by atoms with E-state index in [2.05, 4.69) is 22.2 Å². The van der Waals surface area contributed by atoms with E-state index in [1.807, 2.05) is 6.92 Å². The zero-order chi connectivity index (χ0) is 11.5. The van der Waals surface area contributed by atoms with Gasteiger partial charge in [-0.2, -0.15) is 4.98 Å². The van der Waals surface area contributed by atoms with E-state index >= 15 is 0 Å². The minimum Gasteiger partial charge on any atom is -0.476 e. The Morgan fingerprint density at radius 3 is 2.94 bits per heavy atom. The molecule has 1 aliphatic rings. The maximum absolute atomic E-state index is 5.93. The molecule has 0 radical (unpaired) electrons. The number of nitrogen functional groups attached to an aromatic ring is 1. The molecule has 0 saturated heterocycles. The minimum atomic E-state index is 0.409. The molecule has 0 bridgehead atoms. The molecule has 0 amide bonds. The highest BCUT2D eigenvalue weighted by molar-refractivity contribution is 5.66. The van der Waals surface area contributed by atoms with Gasteiger partial charge in [-0.3, -0.25) is 0 Å². The summed E-state index contributed by atoms with van der Waals surface area (Å²) in [4.78, 5) is 8.14. The molecule has 2 rings (SSSR count). The van der Waals surface area contributed by atoms with Crippen LogP contribution in [0.15, 0.2) is 6.33 Å². The molecule has 0 aromatic carbocycles. The van der Waals surface area contributed by atoms with Gasteiger partial charge in [0.2, 0.25) is 5.88 Å². The Morgan fingerprint density at radius 2 is 2.31 bits per heavy atom. The average molecular weight is 222 g/mol. The van der Waals surface area contributed by atoms with Crippen LogP contribution in [-0.4, -0.2) is 22.6 Å². The monoisotopic (exact) mass is 222 g/mol. The lowest BCUT2D eigenvalue weighted by molar-refractivity contribution is 0.328. The third-order valence-corrected chi connectivity index (χ3v) is 2.82. The van der Waals surface area contributed by atoms with Gasteiger partial charge >= 0.3 is 0 Å². The van der Waals surface area contributed by atoms with Crippen LogP contribution in [0.25, 0.3) is 0 Å². The van der Waals surface area contributed by atoms with E-state index in [1.165, 1.54) is 19.2 Å².